The maximum absolute atomic E-state index is 12.4. The minimum absolute atomic E-state index is 0.0550. The average Bonchev–Trinajstić information content (AvgIpc) is 2.45. The predicted molar refractivity (Wildman–Crippen MR) is 78.8 cm³/mol. The molecule has 5 heteroatoms. The molecule has 0 atom stereocenters. The Hall–Kier alpha value is -1.62. The number of hydrogen-bond donors (Lipinski definition) is 2. The molecule has 0 spiro atoms. The zero-order chi connectivity index (χ0) is 14.6. The Morgan fingerprint density at radius 3 is 2.85 bits per heavy atom. The van der Waals surface area contributed by atoms with E-state index >= 15 is 0 Å². The van der Waals surface area contributed by atoms with Crippen molar-refractivity contribution < 1.29 is 9.90 Å². The van der Waals surface area contributed by atoms with Gasteiger partial charge in [0, 0.05) is 31.5 Å². The minimum Gasteiger partial charge on any atom is -0.390 e. The maximum atomic E-state index is 12.4. The number of carbonyl (C=O) groups is 1. The molecule has 1 aromatic heterocycles. The lowest BCUT2D eigenvalue weighted by molar-refractivity contribution is -0.00219. The van der Waals surface area contributed by atoms with Crippen LogP contribution in [0.1, 0.15) is 43.6 Å². The summed E-state index contributed by atoms with van der Waals surface area (Å²) in [6.45, 7) is 5.96. The molecular formula is C15H23N3O2. The molecule has 2 N–H and O–H groups in total. The normalized spacial score (nSPS) is 17.9. The Labute approximate surface area is 120 Å². The van der Waals surface area contributed by atoms with Gasteiger partial charge in [-0.25, -0.2) is 0 Å². The molecule has 20 heavy (non-hydrogen) atoms. The van der Waals surface area contributed by atoms with Crippen molar-refractivity contribution >= 4 is 11.6 Å². The molecule has 0 saturated carbocycles. The fourth-order valence-corrected chi connectivity index (χ4v) is 2.28. The van der Waals surface area contributed by atoms with Crippen molar-refractivity contribution in [2.24, 2.45) is 0 Å². The van der Waals surface area contributed by atoms with E-state index in [2.05, 4.69) is 17.2 Å². The molecule has 0 radical (unpaired) electrons. The molecule has 2 rings (SSSR count). The molecule has 0 aliphatic carbocycles. The van der Waals surface area contributed by atoms with E-state index in [1.165, 1.54) is 0 Å². The van der Waals surface area contributed by atoms with Gasteiger partial charge < -0.3 is 15.3 Å². The molecule has 0 bridgehead atoms. The zero-order valence-electron chi connectivity index (χ0n) is 12.2. The first kappa shape index (κ1) is 14.8. The first-order valence-electron chi connectivity index (χ1n) is 7.23. The van der Waals surface area contributed by atoms with Gasteiger partial charge in [-0.3, -0.25) is 9.78 Å². The van der Waals surface area contributed by atoms with Gasteiger partial charge in [-0.1, -0.05) is 6.92 Å². The van der Waals surface area contributed by atoms with E-state index in [-0.39, 0.29) is 5.91 Å². The third kappa shape index (κ3) is 3.70. The number of nitrogens with one attached hydrogen (secondary N) is 1. The van der Waals surface area contributed by atoms with Crippen LogP contribution in [0.25, 0.3) is 0 Å². The summed E-state index contributed by atoms with van der Waals surface area (Å²) in [6, 6.07) is 3.66. The molecule has 1 fully saturated rings. The monoisotopic (exact) mass is 277 g/mol. The van der Waals surface area contributed by atoms with Crippen molar-refractivity contribution in [3.8, 4) is 0 Å². The molecule has 2 heterocycles. The van der Waals surface area contributed by atoms with Crippen molar-refractivity contribution in [3.05, 3.63) is 24.0 Å². The summed E-state index contributed by atoms with van der Waals surface area (Å²) in [7, 11) is 0. The molecule has 1 amide bonds. The fraction of sp³-hybridized carbons (Fsp3) is 0.600. The van der Waals surface area contributed by atoms with E-state index < -0.39 is 5.60 Å². The summed E-state index contributed by atoms with van der Waals surface area (Å²) in [6.07, 6.45) is 3.93. The SMILES string of the molecule is CCCNc1ccnc(C(=O)N2CCC(C)(O)CC2)c1. The smallest absolute Gasteiger partial charge is 0.272 e. The number of carbonyl (C=O) groups excluding carboxylic acids is 1. The highest BCUT2D eigenvalue weighted by Crippen LogP contribution is 2.22. The molecule has 110 valence electrons. The zero-order valence-corrected chi connectivity index (χ0v) is 12.2. The van der Waals surface area contributed by atoms with Crippen LogP contribution in [-0.4, -0.2) is 46.1 Å². The van der Waals surface area contributed by atoms with E-state index in [4.69, 9.17) is 0 Å². The first-order chi connectivity index (χ1) is 9.52. The molecule has 1 aliphatic rings. The summed E-state index contributed by atoms with van der Waals surface area (Å²) in [5, 5.41) is 13.2. The quantitative estimate of drug-likeness (QED) is 0.882. The number of anilines is 1. The van der Waals surface area contributed by atoms with Gasteiger partial charge in [-0.2, -0.15) is 0 Å². The summed E-state index contributed by atoms with van der Waals surface area (Å²) < 4.78 is 0. The largest absolute Gasteiger partial charge is 0.390 e. The van der Waals surface area contributed by atoms with Gasteiger partial charge in [-0.15, -0.1) is 0 Å². The number of likely N-dealkylation sites (tertiary alicyclic amines) is 1. The van der Waals surface area contributed by atoms with Crippen LogP contribution < -0.4 is 5.32 Å². The van der Waals surface area contributed by atoms with Crippen molar-refractivity contribution in [1.82, 2.24) is 9.88 Å². The number of amides is 1. The molecule has 0 aromatic carbocycles. The first-order valence-corrected chi connectivity index (χ1v) is 7.23. The van der Waals surface area contributed by atoms with Gasteiger partial charge in [-0.05, 0) is 38.3 Å². The Balaban J connectivity index is 2.02. The van der Waals surface area contributed by atoms with Crippen LogP contribution >= 0.6 is 0 Å². The van der Waals surface area contributed by atoms with E-state index in [0.717, 1.165) is 18.7 Å². The summed E-state index contributed by atoms with van der Waals surface area (Å²) in [5.74, 6) is -0.0550. The van der Waals surface area contributed by atoms with E-state index in [0.29, 0.717) is 31.6 Å². The van der Waals surface area contributed by atoms with Crippen LogP contribution in [0.3, 0.4) is 0 Å². The third-order valence-electron chi connectivity index (χ3n) is 3.69. The third-order valence-corrected chi connectivity index (χ3v) is 3.69. The van der Waals surface area contributed by atoms with E-state index in [1.807, 2.05) is 13.0 Å². The number of hydrogen-bond acceptors (Lipinski definition) is 4. The second-order valence-corrected chi connectivity index (χ2v) is 5.65. The topological polar surface area (TPSA) is 65.5 Å². The standard InChI is InChI=1S/C15H23N3O2/c1-3-7-16-12-4-8-17-13(11-12)14(19)18-9-5-15(2,20)6-10-18/h4,8,11,20H,3,5-7,9-10H2,1-2H3,(H,16,17). The van der Waals surface area contributed by atoms with Crippen molar-refractivity contribution in [1.29, 1.82) is 0 Å². The van der Waals surface area contributed by atoms with Crippen LogP contribution in [0.15, 0.2) is 18.3 Å². The number of nitrogens with zero attached hydrogens (tertiary/aromatic N) is 2. The number of aliphatic hydroxyl groups is 1. The lowest BCUT2D eigenvalue weighted by Crippen LogP contribution is -2.45. The molecule has 0 unspecified atom stereocenters. The summed E-state index contributed by atoms with van der Waals surface area (Å²) in [4.78, 5) is 18.3. The second kappa shape index (κ2) is 6.22. The van der Waals surface area contributed by atoms with Gasteiger partial charge in [0.15, 0.2) is 0 Å². The van der Waals surface area contributed by atoms with Gasteiger partial charge in [0.25, 0.3) is 5.91 Å². The van der Waals surface area contributed by atoms with Gasteiger partial charge >= 0.3 is 0 Å². The maximum Gasteiger partial charge on any atom is 0.272 e. The molecule has 1 aromatic rings. The molecule has 1 saturated heterocycles. The van der Waals surface area contributed by atoms with E-state index in [9.17, 15) is 9.90 Å². The highest BCUT2D eigenvalue weighted by Gasteiger charge is 2.30. The fourth-order valence-electron chi connectivity index (χ4n) is 2.28. The Bertz CT molecular complexity index is 464. The van der Waals surface area contributed by atoms with Gasteiger partial charge in [0.2, 0.25) is 0 Å². The summed E-state index contributed by atoms with van der Waals surface area (Å²) in [5.41, 5.74) is 0.746. The van der Waals surface area contributed by atoms with Gasteiger partial charge in [0.1, 0.15) is 5.69 Å². The average molecular weight is 277 g/mol. The number of rotatable bonds is 4. The van der Waals surface area contributed by atoms with Crippen LogP contribution in [0.4, 0.5) is 5.69 Å². The van der Waals surface area contributed by atoms with Crippen LogP contribution in [0.2, 0.25) is 0 Å². The Kier molecular flexibility index (Phi) is 4.60. The molecular weight excluding hydrogens is 254 g/mol. The lowest BCUT2D eigenvalue weighted by atomic mass is 9.94. The Morgan fingerprint density at radius 2 is 2.20 bits per heavy atom. The number of piperidine rings is 1. The van der Waals surface area contributed by atoms with Crippen molar-refractivity contribution in [2.75, 3.05) is 25.0 Å². The van der Waals surface area contributed by atoms with Crippen LogP contribution in [-0.2, 0) is 0 Å². The van der Waals surface area contributed by atoms with Crippen LogP contribution in [0, 0.1) is 0 Å². The molecule has 1 aliphatic heterocycles. The van der Waals surface area contributed by atoms with Gasteiger partial charge in [0.05, 0.1) is 5.60 Å². The Morgan fingerprint density at radius 1 is 1.50 bits per heavy atom. The van der Waals surface area contributed by atoms with Crippen molar-refractivity contribution in [3.63, 3.8) is 0 Å². The van der Waals surface area contributed by atoms with E-state index in [1.54, 1.807) is 17.2 Å². The summed E-state index contributed by atoms with van der Waals surface area (Å²) >= 11 is 0. The number of aromatic nitrogens is 1. The lowest BCUT2D eigenvalue weighted by Gasteiger charge is -2.35. The van der Waals surface area contributed by atoms with Crippen LogP contribution in [0.5, 0.6) is 0 Å². The van der Waals surface area contributed by atoms with Crippen molar-refractivity contribution in [2.45, 2.75) is 38.7 Å². The second-order valence-electron chi connectivity index (χ2n) is 5.65. The number of pyridine rings is 1. The molecule has 5 nitrogen and oxygen atoms in total. The highest BCUT2D eigenvalue weighted by molar-refractivity contribution is 5.93. The highest BCUT2D eigenvalue weighted by atomic mass is 16.3. The predicted octanol–water partition coefficient (Wildman–Crippen LogP) is 1.89. The minimum atomic E-state index is -0.644.